The molecule has 0 aliphatic carbocycles. The summed E-state index contributed by atoms with van der Waals surface area (Å²) < 4.78 is 0. The smallest absolute Gasteiger partial charge is 0.191 e. The Hall–Kier alpha value is -1.05. The lowest BCUT2D eigenvalue weighted by atomic mass is 10.1. The van der Waals surface area contributed by atoms with Crippen LogP contribution >= 0.6 is 23.2 Å². The molecule has 1 aliphatic heterocycles. The number of aliphatic hydroxyl groups is 1. The van der Waals surface area contributed by atoms with E-state index in [2.05, 4.69) is 32.3 Å². The molecule has 1 unspecified atom stereocenters. The highest BCUT2D eigenvalue weighted by Gasteiger charge is 2.15. The summed E-state index contributed by atoms with van der Waals surface area (Å²) in [5.41, 5.74) is 0.667. The summed E-state index contributed by atoms with van der Waals surface area (Å²) in [4.78, 5) is 9.42. The van der Waals surface area contributed by atoms with Gasteiger partial charge in [0.2, 0.25) is 0 Å². The van der Waals surface area contributed by atoms with Crippen LogP contribution in [-0.2, 0) is 0 Å². The summed E-state index contributed by atoms with van der Waals surface area (Å²) in [7, 11) is 0. The van der Waals surface area contributed by atoms with Gasteiger partial charge in [-0.05, 0) is 37.2 Å². The molecular weight excluding hydrogens is 385 g/mol. The standard InChI is InChI=1S/C19H31Cl2N5O/c1-3-22-19(23-5-6-26-9-7-25(4-2)8-10-26)24-14-18(27)15-11-16(20)13-17(21)12-15/h11-13,18,27H,3-10,14H2,1-2H3,(H2,22,23,24). The summed E-state index contributed by atoms with van der Waals surface area (Å²) in [6, 6.07) is 5.07. The average molecular weight is 416 g/mol. The van der Waals surface area contributed by atoms with Gasteiger partial charge in [0.1, 0.15) is 0 Å². The van der Waals surface area contributed by atoms with Crippen molar-refractivity contribution in [2.24, 2.45) is 4.99 Å². The van der Waals surface area contributed by atoms with E-state index in [1.807, 2.05) is 6.92 Å². The second-order valence-electron chi connectivity index (χ2n) is 6.64. The summed E-state index contributed by atoms with van der Waals surface area (Å²) >= 11 is 12.0. The van der Waals surface area contributed by atoms with E-state index in [1.54, 1.807) is 18.2 Å². The molecular formula is C19H31Cl2N5O. The third-order valence-corrected chi connectivity index (χ3v) is 5.11. The lowest BCUT2D eigenvalue weighted by Gasteiger charge is -2.34. The van der Waals surface area contributed by atoms with Gasteiger partial charge in [-0.25, -0.2) is 0 Å². The van der Waals surface area contributed by atoms with Gasteiger partial charge in [0.15, 0.2) is 5.96 Å². The molecule has 1 fully saturated rings. The third kappa shape index (κ3) is 7.84. The van der Waals surface area contributed by atoms with Crippen LogP contribution in [0.2, 0.25) is 10.0 Å². The molecule has 0 saturated carbocycles. The minimum absolute atomic E-state index is 0.237. The van der Waals surface area contributed by atoms with Crippen LogP contribution in [0, 0.1) is 0 Å². The van der Waals surface area contributed by atoms with Crippen LogP contribution in [0.15, 0.2) is 23.2 Å². The quantitative estimate of drug-likeness (QED) is 0.448. The first-order valence-corrected chi connectivity index (χ1v) is 10.4. The Morgan fingerprint density at radius 3 is 2.30 bits per heavy atom. The first-order chi connectivity index (χ1) is 13.0. The van der Waals surface area contributed by atoms with Crippen LogP contribution < -0.4 is 10.6 Å². The SMILES string of the molecule is CCNC(=NCC(O)c1cc(Cl)cc(Cl)c1)NCCN1CCN(CC)CC1. The molecule has 0 radical (unpaired) electrons. The van der Waals surface area contributed by atoms with Gasteiger partial charge < -0.3 is 20.6 Å². The molecule has 8 heteroatoms. The molecule has 0 bridgehead atoms. The van der Waals surface area contributed by atoms with E-state index in [0.29, 0.717) is 21.6 Å². The maximum atomic E-state index is 10.4. The molecule has 0 spiro atoms. The Kier molecular flexibility index (Phi) is 9.65. The van der Waals surface area contributed by atoms with Gasteiger partial charge in [-0.2, -0.15) is 0 Å². The molecule has 2 rings (SSSR count). The molecule has 0 aromatic heterocycles. The number of hydrogen-bond acceptors (Lipinski definition) is 4. The summed E-state index contributed by atoms with van der Waals surface area (Å²) in [6.45, 7) is 12.7. The van der Waals surface area contributed by atoms with E-state index in [1.165, 1.54) is 0 Å². The Bertz CT molecular complexity index is 586. The van der Waals surface area contributed by atoms with Crippen LogP contribution in [0.1, 0.15) is 25.5 Å². The van der Waals surface area contributed by atoms with Crippen LogP contribution in [0.5, 0.6) is 0 Å². The van der Waals surface area contributed by atoms with E-state index in [-0.39, 0.29) is 6.54 Å². The topological polar surface area (TPSA) is 63.1 Å². The van der Waals surface area contributed by atoms with E-state index in [9.17, 15) is 5.11 Å². The maximum Gasteiger partial charge on any atom is 0.191 e. The summed E-state index contributed by atoms with van der Waals surface area (Å²) in [6.07, 6.45) is -0.751. The first kappa shape index (κ1) is 22.2. The molecule has 1 aliphatic rings. The monoisotopic (exact) mass is 415 g/mol. The van der Waals surface area contributed by atoms with Crippen LogP contribution in [-0.4, -0.2) is 79.8 Å². The van der Waals surface area contributed by atoms with Gasteiger partial charge in [0.05, 0.1) is 12.6 Å². The lowest BCUT2D eigenvalue weighted by molar-refractivity contribution is 0.139. The zero-order chi connectivity index (χ0) is 19.6. The van der Waals surface area contributed by atoms with Crippen molar-refractivity contribution in [3.8, 4) is 0 Å². The van der Waals surface area contributed by atoms with Gasteiger partial charge in [-0.3, -0.25) is 9.89 Å². The first-order valence-electron chi connectivity index (χ1n) is 9.62. The Labute approximate surface area is 172 Å². The normalized spacial score (nSPS) is 17.7. The minimum atomic E-state index is -0.751. The van der Waals surface area contributed by atoms with Crippen molar-refractivity contribution in [2.75, 3.05) is 58.9 Å². The zero-order valence-corrected chi connectivity index (χ0v) is 17.7. The van der Waals surface area contributed by atoms with Gasteiger partial charge in [-0.15, -0.1) is 0 Å². The number of aliphatic imine (C=N–C) groups is 1. The van der Waals surface area contributed by atoms with Crippen molar-refractivity contribution < 1.29 is 5.11 Å². The molecule has 152 valence electrons. The van der Waals surface area contributed by atoms with Gasteiger partial charge in [0.25, 0.3) is 0 Å². The fourth-order valence-corrected chi connectivity index (χ4v) is 3.60. The molecule has 6 nitrogen and oxygen atoms in total. The fraction of sp³-hybridized carbons (Fsp3) is 0.632. The van der Waals surface area contributed by atoms with E-state index in [4.69, 9.17) is 23.2 Å². The predicted molar refractivity (Wildman–Crippen MR) is 114 cm³/mol. The van der Waals surface area contributed by atoms with Crippen molar-refractivity contribution in [3.63, 3.8) is 0 Å². The molecule has 1 heterocycles. The fourth-order valence-electron chi connectivity index (χ4n) is 3.05. The van der Waals surface area contributed by atoms with E-state index >= 15 is 0 Å². The molecule has 1 aromatic carbocycles. The number of hydrogen-bond donors (Lipinski definition) is 3. The van der Waals surface area contributed by atoms with Crippen LogP contribution in [0.3, 0.4) is 0 Å². The summed E-state index contributed by atoms with van der Waals surface area (Å²) in [5.74, 6) is 0.705. The number of nitrogens with one attached hydrogen (secondary N) is 2. The zero-order valence-electron chi connectivity index (χ0n) is 16.2. The molecule has 1 aromatic rings. The Morgan fingerprint density at radius 2 is 1.70 bits per heavy atom. The number of likely N-dealkylation sites (N-methyl/N-ethyl adjacent to an activating group) is 1. The van der Waals surface area contributed by atoms with Crippen LogP contribution in [0.4, 0.5) is 0 Å². The highest BCUT2D eigenvalue weighted by atomic mass is 35.5. The Morgan fingerprint density at radius 1 is 1.07 bits per heavy atom. The molecule has 0 amide bonds. The number of aliphatic hydroxyl groups excluding tert-OH is 1. The number of rotatable bonds is 8. The summed E-state index contributed by atoms with van der Waals surface area (Å²) in [5, 5.41) is 17.9. The Balaban J connectivity index is 1.81. The van der Waals surface area contributed by atoms with Crippen molar-refractivity contribution in [2.45, 2.75) is 20.0 Å². The number of nitrogens with zero attached hydrogens (tertiary/aromatic N) is 3. The number of benzene rings is 1. The van der Waals surface area contributed by atoms with Gasteiger partial charge >= 0.3 is 0 Å². The van der Waals surface area contributed by atoms with Crippen molar-refractivity contribution in [1.82, 2.24) is 20.4 Å². The highest BCUT2D eigenvalue weighted by Crippen LogP contribution is 2.23. The van der Waals surface area contributed by atoms with Crippen LogP contribution in [0.25, 0.3) is 0 Å². The maximum absolute atomic E-state index is 10.4. The lowest BCUT2D eigenvalue weighted by Crippen LogP contribution is -2.49. The molecule has 27 heavy (non-hydrogen) atoms. The van der Waals surface area contributed by atoms with Crippen molar-refractivity contribution in [3.05, 3.63) is 33.8 Å². The second kappa shape index (κ2) is 11.7. The molecule has 3 N–H and O–H groups in total. The van der Waals surface area contributed by atoms with Gasteiger partial charge in [-0.1, -0.05) is 30.1 Å². The second-order valence-corrected chi connectivity index (χ2v) is 7.51. The third-order valence-electron chi connectivity index (χ3n) is 4.67. The van der Waals surface area contributed by atoms with Gasteiger partial charge in [0, 0.05) is 55.9 Å². The van der Waals surface area contributed by atoms with E-state index in [0.717, 1.165) is 52.4 Å². The number of piperazine rings is 1. The molecule has 1 atom stereocenters. The predicted octanol–water partition coefficient (Wildman–Crippen LogP) is 2.22. The highest BCUT2D eigenvalue weighted by molar-refractivity contribution is 6.34. The number of guanidine groups is 1. The number of halogens is 2. The van der Waals surface area contributed by atoms with Crippen molar-refractivity contribution >= 4 is 29.2 Å². The molecule has 1 saturated heterocycles. The average Bonchev–Trinajstić information content (AvgIpc) is 2.65. The van der Waals surface area contributed by atoms with Crippen molar-refractivity contribution in [1.29, 1.82) is 0 Å². The van der Waals surface area contributed by atoms with E-state index < -0.39 is 6.10 Å². The minimum Gasteiger partial charge on any atom is -0.386 e. The largest absolute Gasteiger partial charge is 0.386 e.